The summed E-state index contributed by atoms with van der Waals surface area (Å²) in [6.07, 6.45) is 1.03. The Morgan fingerprint density at radius 3 is 2.15 bits per heavy atom. The highest BCUT2D eigenvalue weighted by atomic mass is 35.5. The number of aliphatic hydroxyl groups is 1. The molecule has 0 heterocycles. The van der Waals surface area contributed by atoms with Gasteiger partial charge in [0.25, 0.3) is 0 Å². The molecule has 0 aromatic heterocycles. The van der Waals surface area contributed by atoms with Crippen molar-refractivity contribution in [1.82, 2.24) is 4.72 Å². The molecular formula is C23H23ClFNO5S2. The zero-order valence-corrected chi connectivity index (χ0v) is 20.5. The molecule has 176 valence electrons. The van der Waals surface area contributed by atoms with Gasteiger partial charge in [-0.2, -0.15) is 0 Å². The third-order valence-corrected chi connectivity index (χ3v) is 8.08. The van der Waals surface area contributed by atoms with Crippen molar-refractivity contribution in [2.75, 3.05) is 6.26 Å². The van der Waals surface area contributed by atoms with Crippen molar-refractivity contribution in [3.05, 3.63) is 94.3 Å². The van der Waals surface area contributed by atoms with Crippen LogP contribution < -0.4 is 4.72 Å². The van der Waals surface area contributed by atoms with Crippen molar-refractivity contribution in [2.45, 2.75) is 35.3 Å². The van der Waals surface area contributed by atoms with E-state index in [0.717, 1.165) is 6.26 Å². The van der Waals surface area contributed by atoms with Gasteiger partial charge in [0.05, 0.1) is 16.0 Å². The number of sulfonamides is 1. The fourth-order valence-corrected chi connectivity index (χ4v) is 6.06. The van der Waals surface area contributed by atoms with E-state index < -0.39 is 37.3 Å². The molecule has 0 aliphatic heterocycles. The highest BCUT2D eigenvalue weighted by molar-refractivity contribution is 7.91. The van der Waals surface area contributed by atoms with Gasteiger partial charge in [-0.15, -0.1) is 0 Å². The van der Waals surface area contributed by atoms with E-state index in [-0.39, 0.29) is 25.9 Å². The van der Waals surface area contributed by atoms with E-state index >= 15 is 0 Å². The molecule has 6 nitrogen and oxygen atoms in total. The quantitative estimate of drug-likeness (QED) is 0.495. The van der Waals surface area contributed by atoms with Crippen LogP contribution in [-0.4, -0.2) is 28.2 Å². The van der Waals surface area contributed by atoms with Crippen LogP contribution in [0.4, 0.5) is 4.39 Å². The van der Waals surface area contributed by atoms with Crippen LogP contribution >= 0.6 is 11.6 Å². The van der Waals surface area contributed by atoms with Crippen molar-refractivity contribution in [1.29, 1.82) is 0 Å². The van der Waals surface area contributed by atoms with Gasteiger partial charge in [0.1, 0.15) is 11.4 Å². The van der Waals surface area contributed by atoms with Gasteiger partial charge in [-0.3, -0.25) is 0 Å². The number of rotatable bonds is 7. The standard InChI is InChI=1S/C23H23ClFNO5S2/c1-15(26-32(3,28)29)16-8-11-18(12-9-16)33(30,31)22-13-10-17(24)14-20(22)23(2,27)19-6-4-5-7-21(19)25/h4-15,26-27H,1-3H3/t15-,23?/m0/s1. The maximum atomic E-state index is 14.5. The SMILES string of the molecule is C[C@H](NS(C)(=O)=O)c1ccc(S(=O)(=O)c2ccc(Cl)cc2C(C)(O)c2ccccc2F)cc1. The summed E-state index contributed by atoms with van der Waals surface area (Å²) in [6.45, 7) is 2.94. The van der Waals surface area contributed by atoms with Gasteiger partial charge in [0.2, 0.25) is 19.9 Å². The Hall–Kier alpha value is -2.30. The average molecular weight is 512 g/mol. The summed E-state index contributed by atoms with van der Waals surface area (Å²) in [5, 5.41) is 11.4. The summed E-state index contributed by atoms with van der Waals surface area (Å²) in [5.74, 6) is -0.692. The molecule has 0 amide bonds. The second-order valence-electron chi connectivity index (χ2n) is 7.88. The first-order valence-corrected chi connectivity index (χ1v) is 13.6. The number of hydrogen-bond acceptors (Lipinski definition) is 5. The first kappa shape index (κ1) is 25.3. The lowest BCUT2D eigenvalue weighted by Gasteiger charge is -2.27. The summed E-state index contributed by atoms with van der Waals surface area (Å²) < 4.78 is 66.8. The zero-order valence-electron chi connectivity index (χ0n) is 18.1. The van der Waals surface area contributed by atoms with Crippen LogP contribution in [0.15, 0.2) is 76.5 Å². The Labute approximate surface area is 198 Å². The molecule has 3 rings (SSSR count). The lowest BCUT2D eigenvalue weighted by Crippen LogP contribution is -2.27. The maximum Gasteiger partial charge on any atom is 0.209 e. The molecule has 0 aliphatic rings. The maximum absolute atomic E-state index is 14.5. The Morgan fingerprint density at radius 2 is 1.58 bits per heavy atom. The molecule has 2 N–H and O–H groups in total. The van der Waals surface area contributed by atoms with Crippen LogP contribution in [0.3, 0.4) is 0 Å². The molecule has 0 fully saturated rings. The lowest BCUT2D eigenvalue weighted by molar-refractivity contribution is 0.0949. The molecule has 33 heavy (non-hydrogen) atoms. The molecule has 0 saturated carbocycles. The minimum atomic E-state index is -4.15. The molecular weight excluding hydrogens is 489 g/mol. The second kappa shape index (κ2) is 9.15. The van der Waals surface area contributed by atoms with Crippen LogP contribution in [0.25, 0.3) is 0 Å². The normalized spacial score (nSPS) is 15.1. The number of hydrogen-bond donors (Lipinski definition) is 2. The number of sulfone groups is 1. The molecule has 0 saturated heterocycles. The molecule has 3 aromatic carbocycles. The third kappa shape index (κ3) is 5.44. The summed E-state index contributed by atoms with van der Waals surface area (Å²) in [7, 11) is -7.60. The van der Waals surface area contributed by atoms with E-state index in [1.807, 2.05) is 0 Å². The number of halogens is 2. The van der Waals surface area contributed by atoms with Gasteiger partial charge in [-0.1, -0.05) is 41.9 Å². The first-order chi connectivity index (χ1) is 15.2. The van der Waals surface area contributed by atoms with E-state index in [9.17, 15) is 26.3 Å². The van der Waals surface area contributed by atoms with Crippen molar-refractivity contribution >= 4 is 31.5 Å². The fourth-order valence-electron chi connectivity index (χ4n) is 3.57. The summed E-state index contributed by atoms with van der Waals surface area (Å²) >= 11 is 6.10. The highest BCUT2D eigenvalue weighted by Crippen LogP contribution is 2.38. The fraction of sp³-hybridized carbons (Fsp3) is 0.217. The summed E-state index contributed by atoms with van der Waals surface area (Å²) in [6, 6.07) is 14.6. The van der Waals surface area contributed by atoms with Crippen LogP contribution in [0, 0.1) is 5.82 Å². The van der Waals surface area contributed by atoms with E-state index in [1.165, 1.54) is 73.7 Å². The van der Waals surface area contributed by atoms with Gasteiger partial charge in [0, 0.05) is 22.2 Å². The molecule has 0 radical (unpaired) electrons. The van der Waals surface area contributed by atoms with Crippen molar-refractivity contribution in [3.8, 4) is 0 Å². The van der Waals surface area contributed by atoms with Crippen molar-refractivity contribution in [2.24, 2.45) is 0 Å². The number of nitrogens with one attached hydrogen (secondary N) is 1. The largest absolute Gasteiger partial charge is 0.381 e. The van der Waals surface area contributed by atoms with Gasteiger partial charge in [-0.25, -0.2) is 25.9 Å². The van der Waals surface area contributed by atoms with Gasteiger partial charge in [-0.05, 0) is 55.8 Å². The molecule has 0 bridgehead atoms. The van der Waals surface area contributed by atoms with Crippen LogP contribution in [-0.2, 0) is 25.5 Å². The Morgan fingerprint density at radius 1 is 0.970 bits per heavy atom. The number of benzene rings is 3. The molecule has 0 spiro atoms. The van der Waals surface area contributed by atoms with E-state index in [2.05, 4.69) is 4.72 Å². The van der Waals surface area contributed by atoms with Crippen LogP contribution in [0.5, 0.6) is 0 Å². The predicted octanol–water partition coefficient (Wildman–Crippen LogP) is 4.18. The van der Waals surface area contributed by atoms with Crippen molar-refractivity contribution in [3.63, 3.8) is 0 Å². The lowest BCUT2D eigenvalue weighted by atomic mass is 9.88. The van der Waals surface area contributed by atoms with Crippen molar-refractivity contribution < 1.29 is 26.3 Å². The predicted molar refractivity (Wildman–Crippen MR) is 125 cm³/mol. The minimum absolute atomic E-state index is 0.0729. The van der Waals surface area contributed by atoms with Gasteiger partial charge >= 0.3 is 0 Å². The molecule has 3 aromatic rings. The van der Waals surface area contributed by atoms with Gasteiger partial charge in [0.15, 0.2) is 0 Å². The monoisotopic (exact) mass is 511 g/mol. The van der Waals surface area contributed by atoms with E-state index in [0.29, 0.717) is 5.56 Å². The Kier molecular flexibility index (Phi) is 7.02. The van der Waals surface area contributed by atoms with E-state index in [4.69, 9.17) is 11.6 Å². The Bertz CT molecular complexity index is 1390. The van der Waals surface area contributed by atoms with Crippen LogP contribution in [0.1, 0.15) is 36.6 Å². The van der Waals surface area contributed by atoms with Crippen LogP contribution in [0.2, 0.25) is 5.02 Å². The molecule has 2 atom stereocenters. The minimum Gasteiger partial charge on any atom is -0.381 e. The second-order valence-corrected chi connectivity index (χ2v) is 12.0. The summed E-state index contributed by atoms with van der Waals surface area (Å²) in [5.41, 5.74) is -1.60. The summed E-state index contributed by atoms with van der Waals surface area (Å²) in [4.78, 5) is -0.305. The Balaban J connectivity index is 2.09. The third-order valence-electron chi connectivity index (χ3n) is 5.24. The first-order valence-electron chi connectivity index (χ1n) is 9.83. The molecule has 1 unspecified atom stereocenters. The highest BCUT2D eigenvalue weighted by Gasteiger charge is 2.35. The zero-order chi connectivity index (χ0) is 24.6. The molecule has 10 heteroatoms. The molecule has 0 aliphatic carbocycles. The average Bonchev–Trinajstić information content (AvgIpc) is 2.72. The van der Waals surface area contributed by atoms with E-state index in [1.54, 1.807) is 6.92 Å². The smallest absolute Gasteiger partial charge is 0.209 e. The topological polar surface area (TPSA) is 101 Å². The van der Waals surface area contributed by atoms with Gasteiger partial charge < -0.3 is 5.11 Å².